The quantitative estimate of drug-likeness (QED) is 0.0773. The molecule has 78 heavy (non-hydrogen) atoms. The van der Waals surface area contributed by atoms with Gasteiger partial charge in [0, 0.05) is 105 Å². The van der Waals surface area contributed by atoms with Crippen molar-refractivity contribution in [2.45, 2.75) is 32.7 Å². The van der Waals surface area contributed by atoms with E-state index in [-0.39, 0.29) is 23.7 Å². The molecule has 2 saturated heterocycles. The number of halogens is 3. The molecular weight excluding hydrogens is 1000 g/mol. The van der Waals surface area contributed by atoms with Gasteiger partial charge in [-0.25, -0.2) is 34.5 Å². The van der Waals surface area contributed by atoms with Crippen LogP contribution in [-0.2, 0) is 6.54 Å². The predicted molar refractivity (Wildman–Crippen MR) is 294 cm³/mol. The van der Waals surface area contributed by atoms with Crippen molar-refractivity contribution in [2.75, 3.05) is 117 Å². The van der Waals surface area contributed by atoms with Crippen LogP contribution in [0.15, 0.2) is 110 Å². The molecule has 4 aromatic heterocycles. The smallest absolute Gasteiger partial charge is 0.406 e. The zero-order valence-corrected chi connectivity index (χ0v) is 43.8. The second kappa shape index (κ2) is 22.8. The van der Waals surface area contributed by atoms with Gasteiger partial charge in [-0.3, -0.25) is 9.59 Å². The van der Waals surface area contributed by atoms with Crippen LogP contribution in [0, 0.1) is 6.92 Å². The highest BCUT2D eigenvalue weighted by Crippen LogP contribution is 2.31. The number of aromatic nitrogens is 8. The fraction of sp³-hybridized carbons (Fsp3) is 0.309. The van der Waals surface area contributed by atoms with Crippen molar-refractivity contribution in [3.8, 4) is 5.75 Å². The molecule has 23 heteroatoms. The molecule has 0 unspecified atom stereocenters. The van der Waals surface area contributed by atoms with E-state index in [0.29, 0.717) is 73.8 Å². The zero-order chi connectivity index (χ0) is 54.5. The first-order valence-electron chi connectivity index (χ1n) is 25.5. The van der Waals surface area contributed by atoms with E-state index in [1.54, 1.807) is 49.1 Å². The largest absolute Gasteiger partial charge is 0.573 e. The first kappa shape index (κ1) is 52.6. The molecule has 4 aromatic carbocycles. The Balaban J connectivity index is 1.02. The minimum atomic E-state index is -4.92. The van der Waals surface area contributed by atoms with Gasteiger partial charge in [-0.1, -0.05) is 24.3 Å². The van der Waals surface area contributed by atoms with Gasteiger partial charge in [-0.15, -0.1) is 13.2 Å². The van der Waals surface area contributed by atoms with E-state index in [1.807, 2.05) is 60.8 Å². The molecule has 0 bridgehead atoms. The van der Waals surface area contributed by atoms with Crippen LogP contribution in [0.2, 0.25) is 0 Å². The molecule has 0 aliphatic carbocycles. The molecule has 2 aliphatic heterocycles. The number of benzene rings is 4. The number of rotatable bonds is 14. The van der Waals surface area contributed by atoms with E-state index in [0.717, 1.165) is 88.6 Å². The normalized spacial score (nSPS) is 14.7. The summed E-state index contributed by atoms with van der Waals surface area (Å²) in [6.07, 6.45) is 3.47. The maximum Gasteiger partial charge on any atom is 0.573 e. The van der Waals surface area contributed by atoms with E-state index < -0.39 is 18.0 Å². The number of carbonyl (C=O) groups excluding carboxylic acids is 2. The summed E-state index contributed by atoms with van der Waals surface area (Å²) in [5, 5.41) is 12.7. The number of anilines is 9. The lowest BCUT2D eigenvalue weighted by atomic mass is 10.1. The fourth-order valence-corrected chi connectivity index (χ4v) is 9.30. The van der Waals surface area contributed by atoms with Gasteiger partial charge in [0.15, 0.2) is 16.9 Å². The third-order valence-corrected chi connectivity index (χ3v) is 13.7. The first-order valence-corrected chi connectivity index (χ1v) is 25.5. The first-order chi connectivity index (χ1) is 37.6. The highest BCUT2D eigenvalue weighted by Gasteiger charge is 2.31. The summed E-state index contributed by atoms with van der Waals surface area (Å²) in [4.78, 5) is 72.4. The van der Waals surface area contributed by atoms with Crippen LogP contribution >= 0.6 is 0 Å². The molecule has 8 aromatic rings. The summed E-state index contributed by atoms with van der Waals surface area (Å²) in [5.74, 6) is 0.509. The minimum absolute atomic E-state index is 0.0931. The number of carbonyl (C=O) groups is 2. The number of ether oxygens (including phenoxy) is 1. The van der Waals surface area contributed by atoms with E-state index in [2.05, 4.69) is 74.7 Å². The highest BCUT2D eigenvalue weighted by molar-refractivity contribution is 6.06. The lowest BCUT2D eigenvalue weighted by Crippen LogP contribution is -2.37. The molecule has 2 aliphatic rings. The van der Waals surface area contributed by atoms with Crippen LogP contribution in [0.25, 0.3) is 22.1 Å². The Morgan fingerprint density at radius 1 is 0.667 bits per heavy atom. The van der Waals surface area contributed by atoms with Gasteiger partial charge in [0.25, 0.3) is 24.0 Å². The predicted octanol–water partition coefficient (Wildman–Crippen LogP) is 7.64. The average Bonchev–Trinajstić information content (AvgIpc) is 3.79. The molecule has 402 valence electrons. The summed E-state index contributed by atoms with van der Waals surface area (Å²) in [6, 6.07) is 23.2. The molecule has 4 N–H and O–H groups in total. The molecule has 10 rings (SSSR count). The van der Waals surface area contributed by atoms with Crippen LogP contribution in [0.3, 0.4) is 0 Å². The molecule has 0 radical (unpaired) electrons. The van der Waals surface area contributed by atoms with E-state index in [4.69, 9.17) is 19.9 Å². The number of nitrogens with one attached hydrogen (secondary N) is 4. The summed E-state index contributed by atoms with van der Waals surface area (Å²) < 4.78 is 45.4. The third-order valence-electron chi connectivity index (χ3n) is 13.7. The van der Waals surface area contributed by atoms with Crippen molar-refractivity contribution in [1.82, 2.24) is 44.7 Å². The van der Waals surface area contributed by atoms with E-state index in [9.17, 15) is 22.8 Å². The van der Waals surface area contributed by atoms with Crippen LogP contribution in [-0.4, -0.2) is 143 Å². The standard InChI is InChI=1S/C55H58F3N17O3/c1-35-14-15-36(51(76)64-39-10-6-12-41(28-39)70(2)3)26-43(35)66-50-48-46(31-60-54(69-48)74-21-9-19-72(5)23-25-74)75(34-63-50)32-38-17-16-37(52(77)65-40-11-7-13-42(29-40)78-55(56,57)58)27-44(38)67-49-47-45(61-33-62-49)30-59-53(68-47)73-20-8-18-71(4)22-24-73/h6-7,10-17,26-31,33-34H,8-9,18-25,32H2,1-5H3,(H3,61,62,64,65,67,76,77)/p+1. The van der Waals surface area contributed by atoms with Gasteiger partial charge in [0.05, 0.1) is 12.4 Å². The van der Waals surface area contributed by atoms with Crippen LogP contribution in [0.4, 0.5) is 65.1 Å². The molecule has 0 saturated carbocycles. The Morgan fingerprint density at radius 3 is 1.97 bits per heavy atom. The number of likely N-dealkylation sites (N-methyl/N-ethyl adjacent to an activating group) is 2. The van der Waals surface area contributed by atoms with Crippen molar-refractivity contribution in [3.05, 3.63) is 132 Å². The van der Waals surface area contributed by atoms with Gasteiger partial charge >= 0.3 is 6.36 Å². The average molecular weight is 1060 g/mol. The number of hydrogen-bond acceptors (Lipinski definition) is 17. The summed E-state index contributed by atoms with van der Waals surface area (Å²) in [7, 11) is 8.07. The monoisotopic (exact) mass is 1060 g/mol. The second-order valence-electron chi connectivity index (χ2n) is 19.6. The second-order valence-corrected chi connectivity index (χ2v) is 19.6. The topological polar surface area (TPSA) is 202 Å². The Kier molecular flexibility index (Phi) is 15.4. The number of aryl methyl sites for hydroxylation is 1. The van der Waals surface area contributed by atoms with Crippen molar-refractivity contribution in [3.63, 3.8) is 0 Å². The number of alkyl halides is 3. The van der Waals surface area contributed by atoms with Gasteiger partial charge in [-0.05, 0) is 112 Å². The number of fused-ring (bicyclic) bond motifs is 2. The van der Waals surface area contributed by atoms with Crippen molar-refractivity contribution >= 4 is 85.9 Å². The molecule has 20 nitrogen and oxygen atoms in total. The number of amides is 2. The van der Waals surface area contributed by atoms with Gasteiger partial charge in [0.2, 0.25) is 11.9 Å². The summed E-state index contributed by atoms with van der Waals surface area (Å²) in [5.41, 5.74) is 7.08. The minimum Gasteiger partial charge on any atom is -0.406 e. The highest BCUT2D eigenvalue weighted by atomic mass is 19.4. The fourth-order valence-electron chi connectivity index (χ4n) is 9.30. The molecule has 0 spiro atoms. The van der Waals surface area contributed by atoms with Gasteiger partial charge in [0.1, 0.15) is 29.7 Å². The van der Waals surface area contributed by atoms with Gasteiger partial charge < -0.3 is 50.5 Å². The molecule has 2 fully saturated rings. The summed E-state index contributed by atoms with van der Waals surface area (Å²) in [6.45, 7) is 8.67. The Morgan fingerprint density at radius 2 is 1.28 bits per heavy atom. The maximum atomic E-state index is 14.0. The SMILES string of the molecule is Cc1ccc(C(=O)Nc2cccc(N(C)C)c2)cc1Nc1nc[n+](Cc2ccc(C(=O)Nc3cccc(OC(F)(F)F)c3)cc2Nc2ncnc3cnc(N4CCCN(C)CC4)nc23)c2cnc(N3CCCN(C)CC3)nc12. The van der Waals surface area contributed by atoms with Crippen molar-refractivity contribution < 1.29 is 32.1 Å². The summed E-state index contributed by atoms with van der Waals surface area (Å²) >= 11 is 0. The van der Waals surface area contributed by atoms with Crippen LogP contribution in [0.5, 0.6) is 5.75 Å². The molecule has 2 amide bonds. The van der Waals surface area contributed by atoms with E-state index in [1.165, 1.54) is 18.5 Å². The number of hydrogen-bond donors (Lipinski definition) is 4. The lowest BCUT2D eigenvalue weighted by Gasteiger charge is -2.21. The number of nitrogens with zero attached hydrogens (tertiary/aromatic N) is 13. The van der Waals surface area contributed by atoms with Crippen molar-refractivity contribution in [1.29, 1.82) is 0 Å². The zero-order valence-electron chi connectivity index (χ0n) is 43.8. The maximum absolute atomic E-state index is 14.0. The van der Waals surface area contributed by atoms with Crippen LogP contribution < -0.4 is 45.3 Å². The third kappa shape index (κ3) is 12.5. The Labute approximate surface area is 448 Å². The molecule has 6 heterocycles. The Hall–Kier alpha value is -8.83. The van der Waals surface area contributed by atoms with E-state index >= 15 is 0 Å². The Bertz CT molecular complexity index is 3510. The molecular formula is C55H59F3N17O3+. The molecule has 0 atom stereocenters. The lowest BCUT2D eigenvalue weighted by molar-refractivity contribution is -0.665. The van der Waals surface area contributed by atoms with Gasteiger partial charge in [-0.2, -0.15) is 0 Å². The van der Waals surface area contributed by atoms with Crippen LogP contribution in [0.1, 0.15) is 44.7 Å². The van der Waals surface area contributed by atoms with Crippen molar-refractivity contribution in [2.24, 2.45) is 0 Å².